The molecule has 5 rings (SSSR count). The lowest BCUT2D eigenvalue weighted by molar-refractivity contribution is -0.124. The number of carbonyl (C=O) groups excluding carboxylic acids is 2. The molecule has 0 radical (unpaired) electrons. The van der Waals surface area contributed by atoms with E-state index in [4.69, 9.17) is 11.6 Å². The molecule has 2 amide bonds. The Morgan fingerprint density at radius 1 is 1.06 bits per heavy atom. The summed E-state index contributed by atoms with van der Waals surface area (Å²) in [5.74, 6) is 0.121. The van der Waals surface area contributed by atoms with Crippen LogP contribution in [0.1, 0.15) is 18.0 Å². The number of benzene rings is 2. The summed E-state index contributed by atoms with van der Waals surface area (Å²) in [4.78, 5) is 36.6. The van der Waals surface area contributed by atoms with E-state index in [9.17, 15) is 9.59 Å². The molecule has 8 heteroatoms. The third-order valence-electron chi connectivity index (χ3n) is 5.25. The highest BCUT2D eigenvalue weighted by Crippen LogP contribution is 2.37. The van der Waals surface area contributed by atoms with Crippen LogP contribution in [0.25, 0.3) is 11.0 Å². The standard InChI is InChI=1S/C23H18ClN5O2/c24-16-7-9-17(10-8-16)26-21(30)12-20-22(31)28(14-15-4-3-11-25-13-15)23-27-18-5-1-2-6-19(18)29(20)23/h1-11,13,20H,12,14H2,(H,26,30). The van der Waals surface area contributed by atoms with Crippen molar-refractivity contribution in [1.29, 1.82) is 0 Å². The van der Waals surface area contributed by atoms with E-state index >= 15 is 0 Å². The molecule has 0 fully saturated rings. The number of aromatic nitrogens is 3. The number of rotatable bonds is 5. The number of carbonyl (C=O) groups is 2. The Labute approximate surface area is 183 Å². The molecule has 1 atom stereocenters. The van der Waals surface area contributed by atoms with Gasteiger partial charge in [-0.05, 0) is 48.0 Å². The van der Waals surface area contributed by atoms with Crippen molar-refractivity contribution in [3.63, 3.8) is 0 Å². The predicted molar refractivity (Wildman–Crippen MR) is 119 cm³/mol. The molecule has 2 aromatic carbocycles. The number of anilines is 2. The van der Waals surface area contributed by atoms with Crippen molar-refractivity contribution in [3.05, 3.63) is 83.6 Å². The molecule has 2 aromatic heterocycles. The van der Waals surface area contributed by atoms with Crippen molar-refractivity contribution in [1.82, 2.24) is 14.5 Å². The maximum absolute atomic E-state index is 13.4. The molecule has 1 aliphatic rings. The van der Waals surface area contributed by atoms with Gasteiger partial charge in [0.15, 0.2) is 0 Å². The number of hydrogen-bond donors (Lipinski definition) is 1. The first-order chi connectivity index (χ1) is 15.1. The van der Waals surface area contributed by atoms with Crippen LogP contribution in [-0.2, 0) is 16.1 Å². The van der Waals surface area contributed by atoms with Gasteiger partial charge in [0.05, 0.1) is 24.0 Å². The quantitative estimate of drug-likeness (QED) is 0.513. The number of para-hydroxylation sites is 2. The fourth-order valence-corrected chi connectivity index (χ4v) is 3.97. The highest BCUT2D eigenvalue weighted by atomic mass is 35.5. The van der Waals surface area contributed by atoms with Gasteiger partial charge in [0, 0.05) is 23.1 Å². The Bertz CT molecular complexity index is 1270. The number of nitrogens with zero attached hydrogens (tertiary/aromatic N) is 4. The summed E-state index contributed by atoms with van der Waals surface area (Å²) in [5.41, 5.74) is 3.12. The van der Waals surface area contributed by atoms with Gasteiger partial charge in [-0.25, -0.2) is 4.98 Å². The third-order valence-corrected chi connectivity index (χ3v) is 5.50. The Balaban J connectivity index is 1.46. The molecule has 0 saturated carbocycles. The molecular formula is C23H18ClN5O2. The van der Waals surface area contributed by atoms with Gasteiger partial charge in [-0.3, -0.25) is 24.0 Å². The summed E-state index contributed by atoms with van der Waals surface area (Å²) in [5, 5.41) is 3.43. The monoisotopic (exact) mass is 431 g/mol. The topological polar surface area (TPSA) is 80.1 Å². The first-order valence-electron chi connectivity index (χ1n) is 9.83. The molecule has 1 aliphatic heterocycles. The van der Waals surface area contributed by atoms with Crippen LogP contribution in [0.2, 0.25) is 5.02 Å². The van der Waals surface area contributed by atoms with Crippen molar-refractivity contribution in [2.24, 2.45) is 0 Å². The summed E-state index contributed by atoms with van der Waals surface area (Å²) >= 11 is 5.91. The molecule has 1 unspecified atom stereocenters. The number of halogens is 1. The van der Waals surface area contributed by atoms with E-state index < -0.39 is 6.04 Å². The predicted octanol–water partition coefficient (Wildman–Crippen LogP) is 4.20. The fourth-order valence-electron chi connectivity index (χ4n) is 3.84. The van der Waals surface area contributed by atoms with Gasteiger partial charge in [0.25, 0.3) is 5.91 Å². The molecule has 0 bridgehead atoms. The molecule has 0 spiro atoms. The van der Waals surface area contributed by atoms with Crippen LogP contribution in [0.15, 0.2) is 73.1 Å². The van der Waals surface area contributed by atoms with Gasteiger partial charge in [-0.2, -0.15) is 0 Å². The maximum atomic E-state index is 13.4. The highest BCUT2D eigenvalue weighted by molar-refractivity contribution is 6.30. The van der Waals surface area contributed by atoms with E-state index in [0.717, 1.165) is 16.6 Å². The molecule has 3 heterocycles. The maximum Gasteiger partial charge on any atom is 0.253 e. The number of nitrogens with one attached hydrogen (secondary N) is 1. The zero-order chi connectivity index (χ0) is 21.4. The summed E-state index contributed by atoms with van der Waals surface area (Å²) < 4.78 is 1.86. The minimum atomic E-state index is -0.675. The van der Waals surface area contributed by atoms with Crippen LogP contribution in [0.4, 0.5) is 11.6 Å². The van der Waals surface area contributed by atoms with Crippen molar-refractivity contribution in [3.8, 4) is 0 Å². The van der Waals surface area contributed by atoms with E-state index in [-0.39, 0.29) is 18.2 Å². The van der Waals surface area contributed by atoms with Crippen LogP contribution < -0.4 is 10.2 Å². The number of fused-ring (bicyclic) bond motifs is 3. The zero-order valence-corrected chi connectivity index (χ0v) is 17.2. The number of imidazole rings is 1. The Hall–Kier alpha value is -3.71. The van der Waals surface area contributed by atoms with E-state index in [2.05, 4.69) is 15.3 Å². The average molecular weight is 432 g/mol. The summed E-state index contributed by atoms with van der Waals surface area (Å²) in [6.45, 7) is 0.339. The lowest BCUT2D eigenvalue weighted by Crippen LogP contribution is -2.31. The average Bonchev–Trinajstić information content (AvgIpc) is 3.27. The van der Waals surface area contributed by atoms with Crippen LogP contribution in [0, 0.1) is 0 Å². The molecule has 0 saturated heterocycles. The van der Waals surface area contributed by atoms with Crippen LogP contribution in [-0.4, -0.2) is 26.3 Å². The minimum absolute atomic E-state index is 0.00163. The molecule has 154 valence electrons. The molecule has 31 heavy (non-hydrogen) atoms. The van der Waals surface area contributed by atoms with E-state index in [0.29, 0.717) is 23.2 Å². The van der Waals surface area contributed by atoms with Crippen LogP contribution in [0.3, 0.4) is 0 Å². The van der Waals surface area contributed by atoms with Gasteiger partial charge >= 0.3 is 0 Å². The normalized spacial score (nSPS) is 15.3. The van der Waals surface area contributed by atoms with Crippen LogP contribution >= 0.6 is 11.6 Å². The van der Waals surface area contributed by atoms with Crippen molar-refractivity contribution in [2.75, 3.05) is 10.2 Å². The molecule has 0 aliphatic carbocycles. The number of hydrogen-bond acceptors (Lipinski definition) is 4. The van der Waals surface area contributed by atoms with Crippen molar-refractivity contribution >= 4 is 46.1 Å². The fraction of sp³-hybridized carbons (Fsp3) is 0.130. The van der Waals surface area contributed by atoms with Gasteiger partial charge in [0.2, 0.25) is 11.9 Å². The third kappa shape index (κ3) is 3.64. The van der Waals surface area contributed by atoms with E-state index in [1.165, 1.54) is 0 Å². The van der Waals surface area contributed by atoms with Crippen LogP contribution in [0.5, 0.6) is 0 Å². The van der Waals surface area contributed by atoms with Crippen molar-refractivity contribution < 1.29 is 9.59 Å². The lowest BCUT2D eigenvalue weighted by atomic mass is 10.1. The smallest absolute Gasteiger partial charge is 0.253 e. The van der Waals surface area contributed by atoms with E-state index in [1.807, 2.05) is 41.0 Å². The first kappa shape index (κ1) is 19.3. The summed E-state index contributed by atoms with van der Waals surface area (Å²) in [6, 6.07) is 17.5. The van der Waals surface area contributed by atoms with Gasteiger partial charge in [-0.1, -0.05) is 29.8 Å². The zero-order valence-electron chi connectivity index (χ0n) is 16.4. The summed E-state index contributed by atoms with van der Waals surface area (Å²) in [7, 11) is 0. The molecular weight excluding hydrogens is 414 g/mol. The summed E-state index contributed by atoms with van der Waals surface area (Å²) in [6.07, 6.45) is 3.41. The Morgan fingerprint density at radius 2 is 1.87 bits per heavy atom. The molecule has 7 nitrogen and oxygen atoms in total. The van der Waals surface area contributed by atoms with Gasteiger partial charge < -0.3 is 5.32 Å². The SMILES string of the molecule is O=C(CC1C(=O)N(Cc2cccnc2)c2nc3ccccc3n21)Nc1ccc(Cl)cc1. The highest BCUT2D eigenvalue weighted by Gasteiger charge is 2.40. The molecule has 4 aromatic rings. The second-order valence-electron chi connectivity index (χ2n) is 7.33. The number of pyridine rings is 1. The lowest BCUT2D eigenvalue weighted by Gasteiger charge is -2.16. The Morgan fingerprint density at radius 3 is 2.65 bits per heavy atom. The molecule has 1 N–H and O–H groups in total. The first-order valence-corrected chi connectivity index (χ1v) is 10.2. The van der Waals surface area contributed by atoms with E-state index in [1.54, 1.807) is 41.6 Å². The second-order valence-corrected chi connectivity index (χ2v) is 7.77. The van der Waals surface area contributed by atoms with Crippen molar-refractivity contribution in [2.45, 2.75) is 19.0 Å². The second kappa shape index (κ2) is 7.85. The number of amides is 2. The van der Waals surface area contributed by atoms with Gasteiger partial charge in [-0.15, -0.1) is 0 Å². The van der Waals surface area contributed by atoms with Gasteiger partial charge in [0.1, 0.15) is 6.04 Å². The minimum Gasteiger partial charge on any atom is -0.326 e. The largest absolute Gasteiger partial charge is 0.326 e. The Kier molecular flexibility index (Phi) is 4.88.